The van der Waals surface area contributed by atoms with Gasteiger partial charge in [-0.15, -0.1) is 11.3 Å². The lowest BCUT2D eigenvalue weighted by Gasteiger charge is -2.04. The van der Waals surface area contributed by atoms with E-state index in [1.54, 1.807) is 0 Å². The highest BCUT2D eigenvalue weighted by Gasteiger charge is 2.18. The normalized spacial score (nSPS) is 10.3. The molecule has 2 rings (SSSR count). The molecule has 0 bridgehead atoms. The third kappa shape index (κ3) is 2.93. The third-order valence-electron chi connectivity index (χ3n) is 2.54. The van der Waals surface area contributed by atoms with Crippen LogP contribution in [0.4, 0.5) is 0 Å². The van der Waals surface area contributed by atoms with Crippen LogP contribution >= 0.6 is 11.3 Å². The summed E-state index contributed by atoms with van der Waals surface area (Å²) >= 11 is 1.48. The molecule has 19 heavy (non-hydrogen) atoms. The zero-order valence-corrected chi connectivity index (χ0v) is 11.9. The first kappa shape index (κ1) is 13.5. The Bertz CT molecular complexity index is 575. The topological polar surface area (TPSA) is 48.4 Å². The second-order valence-corrected chi connectivity index (χ2v) is 5.06. The van der Waals surface area contributed by atoms with Gasteiger partial charge < -0.3 is 9.47 Å². The van der Waals surface area contributed by atoms with E-state index in [0.717, 1.165) is 21.2 Å². The molecule has 0 aliphatic carbocycles. The van der Waals surface area contributed by atoms with Crippen molar-refractivity contribution in [3.8, 4) is 16.2 Å². The number of esters is 1. The van der Waals surface area contributed by atoms with Crippen molar-refractivity contribution in [3.63, 3.8) is 0 Å². The second kappa shape index (κ2) is 5.84. The van der Waals surface area contributed by atoms with Crippen LogP contribution in [-0.4, -0.2) is 24.7 Å². The molecule has 2 aromatic rings. The van der Waals surface area contributed by atoms with Crippen LogP contribution in [0.5, 0.6) is 5.75 Å². The largest absolute Gasteiger partial charge is 0.494 e. The third-order valence-corrected chi connectivity index (χ3v) is 3.56. The van der Waals surface area contributed by atoms with Crippen LogP contribution in [0.1, 0.15) is 22.4 Å². The van der Waals surface area contributed by atoms with Gasteiger partial charge in [0, 0.05) is 0 Å². The van der Waals surface area contributed by atoms with E-state index in [-0.39, 0.29) is 0 Å². The maximum atomic E-state index is 11.7. The van der Waals surface area contributed by atoms with Crippen LogP contribution in [0.2, 0.25) is 0 Å². The minimum absolute atomic E-state index is 0.370. The van der Waals surface area contributed by atoms with Crippen LogP contribution in [0.3, 0.4) is 0 Å². The number of nitrogens with zero attached hydrogens (tertiary/aromatic N) is 1. The smallest absolute Gasteiger partial charge is 0.358 e. The summed E-state index contributed by atoms with van der Waals surface area (Å²) in [6.45, 7) is 4.44. The molecule has 0 unspecified atom stereocenters. The lowest BCUT2D eigenvalue weighted by atomic mass is 10.1. The predicted octanol–water partition coefficient (Wildman–Crippen LogP) is 3.30. The number of ether oxygens (including phenoxy) is 2. The molecule has 0 radical (unpaired) electrons. The number of aryl methyl sites for hydroxylation is 1. The molecule has 100 valence electrons. The molecule has 0 aliphatic heterocycles. The molecular formula is C14H15NO3S. The van der Waals surface area contributed by atoms with Crippen molar-refractivity contribution in [1.29, 1.82) is 0 Å². The van der Waals surface area contributed by atoms with Gasteiger partial charge in [-0.2, -0.15) is 0 Å². The summed E-state index contributed by atoms with van der Waals surface area (Å²) in [6, 6.07) is 7.61. The number of methoxy groups -OCH3 is 1. The Balaban J connectivity index is 2.38. The van der Waals surface area contributed by atoms with Gasteiger partial charge in [0.05, 0.1) is 23.6 Å². The SMILES string of the molecule is CCOc1ccc(-c2sc(C)nc2C(=O)OC)cc1. The van der Waals surface area contributed by atoms with Crippen LogP contribution in [0.25, 0.3) is 10.4 Å². The minimum Gasteiger partial charge on any atom is -0.494 e. The molecule has 0 saturated carbocycles. The number of carbonyl (C=O) groups is 1. The summed E-state index contributed by atoms with van der Waals surface area (Å²) in [5, 5.41) is 0.837. The van der Waals surface area contributed by atoms with Gasteiger partial charge in [-0.25, -0.2) is 9.78 Å². The Kier molecular flexibility index (Phi) is 4.16. The molecule has 0 N–H and O–H groups in total. The van der Waals surface area contributed by atoms with Crippen LogP contribution in [-0.2, 0) is 4.74 Å². The predicted molar refractivity (Wildman–Crippen MR) is 74.8 cm³/mol. The van der Waals surface area contributed by atoms with E-state index in [4.69, 9.17) is 9.47 Å². The van der Waals surface area contributed by atoms with E-state index in [1.807, 2.05) is 38.1 Å². The van der Waals surface area contributed by atoms with Gasteiger partial charge in [-0.3, -0.25) is 0 Å². The lowest BCUT2D eigenvalue weighted by molar-refractivity contribution is 0.0595. The molecule has 1 heterocycles. The zero-order valence-electron chi connectivity index (χ0n) is 11.1. The number of aromatic nitrogens is 1. The van der Waals surface area contributed by atoms with Gasteiger partial charge in [-0.1, -0.05) is 0 Å². The van der Waals surface area contributed by atoms with E-state index < -0.39 is 5.97 Å². The number of hydrogen-bond acceptors (Lipinski definition) is 5. The van der Waals surface area contributed by atoms with Crippen molar-refractivity contribution in [2.45, 2.75) is 13.8 Å². The van der Waals surface area contributed by atoms with Crippen LogP contribution < -0.4 is 4.74 Å². The quantitative estimate of drug-likeness (QED) is 0.804. The average molecular weight is 277 g/mol. The lowest BCUT2D eigenvalue weighted by Crippen LogP contribution is -2.03. The number of carbonyl (C=O) groups excluding carboxylic acids is 1. The highest BCUT2D eigenvalue weighted by molar-refractivity contribution is 7.15. The monoisotopic (exact) mass is 277 g/mol. The highest BCUT2D eigenvalue weighted by Crippen LogP contribution is 2.31. The minimum atomic E-state index is -0.409. The van der Waals surface area contributed by atoms with Crippen LogP contribution in [0.15, 0.2) is 24.3 Å². The fraction of sp³-hybridized carbons (Fsp3) is 0.286. The van der Waals surface area contributed by atoms with E-state index in [0.29, 0.717) is 12.3 Å². The van der Waals surface area contributed by atoms with Crippen molar-refractivity contribution in [2.75, 3.05) is 13.7 Å². The second-order valence-electron chi connectivity index (χ2n) is 3.86. The summed E-state index contributed by atoms with van der Waals surface area (Å²) in [6.07, 6.45) is 0. The molecule has 0 fully saturated rings. The summed E-state index contributed by atoms with van der Waals surface area (Å²) in [4.78, 5) is 16.7. The maximum absolute atomic E-state index is 11.7. The molecular weight excluding hydrogens is 262 g/mol. The van der Waals surface area contributed by atoms with E-state index >= 15 is 0 Å². The number of hydrogen-bond donors (Lipinski definition) is 0. The fourth-order valence-corrected chi connectivity index (χ4v) is 2.64. The van der Waals surface area contributed by atoms with Crippen molar-refractivity contribution < 1.29 is 14.3 Å². The molecule has 1 aromatic carbocycles. The molecule has 0 aliphatic rings. The molecule has 0 saturated heterocycles. The van der Waals surface area contributed by atoms with Gasteiger partial charge in [0.1, 0.15) is 5.75 Å². The van der Waals surface area contributed by atoms with Gasteiger partial charge in [-0.05, 0) is 43.7 Å². The molecule has 1 aromatic heterocycles. The van der Waals surface area contributed by atoms with Gasteiger partial charge in [0.25, 0.3) is 0 Å². The number of benzene rings is 1. The highest BCUT2D eigenvalue weighted by atomic mass is 32.1. The van der Waals surface area contributed by atoms with Crippen molar-refractivity contribution in [3.05, 3.63) is 35.0 Å². The van der Waals surface area contributed by atoms with Crippen molar-refractivity contribution >= 4 is 17.3 Å². The van der Waals surface area contributed by atoms with Gasteiger partial charge in [0.2, 0.25) is 0 Å². The summed E-state index contributed by atoms with van der Waals surface area (Å²) in [7, 11) is 1.36. The van der Waals surface area contributed by atoms with E-state index in [2.05, 4.69) is 4.98 Å². The molecule has 4 nitrogen and oxygen atoms in total. The number of thiazole rings is 1. The molecule has 0 spiro atoms. The Labute approximate surface area is 116 Å². The molecule has 0 atom stereocenters. The first-order valence-corrected chi connectivity index (χ1v) is 6.76. The molecule has 5 heteroatoms. The van der Waals surface area contributed by atoms with Gasteiger partial charge >= 0.3 is 5.97 Å². The first-order chi connectivity index (χ1) is 9.15. The number of rotatable bonds is 4. The molecule has 0 amide bonds. The summed E-state index contributed by atoms with van der Waals surface area (Å²) < 4.78 is 10.2. The van der Waals surface area contributed by atoms with Crippen molar-refractivity contribution in [1.82, 2.24) is 4.98 Å². The fourth-order valence-electron chi connectivity index (χ4n) is 1.73. The zero-order chi connectivity index (χ0) is 13.8. The summed E-state index contributed by atoms with van der Waals surface area (Å²) in [5.74, 6) is 0.403. The Hall–Kier alpha value is -1.88. The standard InChI is InChI=1S/C14H15NO3S/c1-4-18-11-7-5-10(6-8-11)13-12(14(16)17-3)15-9(2)19-13/h5-8H,4H2,1-3H3. The van der Waals surface area contributed by atoms with Crippen LogP contribution in [0, 0.1) is 6.92 Å². The summed E-state index contributed by atoms with van der Waals surface area (Å²) in [5.41, 5.74) is 1.31. The van der Waals surface area contributed by atoms with Gasteiger partial charge in [0.15, 0.2) is 5.69 Å². The maximum Gasteiger partial charge on any atom is 0.358 e. The van der Waals surface area contributed by atoms with E-state index in [1.165, 1.54) is 18.4 Å². The van der Waals surface area contributed by atoms with E-state index in [9.17, 15) is 4.79 Å². The Morgan fingerprint density at radius 3 is 2.58 bits per heavy atom. The van der Waals surface area contributed by atoms with Crippen molar-refractivity contribution in [2.24, 2.45) is 0 Å². The Morgan fingerprint density at radius 2 is 2.00 bits per heavy atom. The first-order valence-electron chi connectivity index (χ1n) is 5.94. The average Bonchev–Trinajstić information content (AvgIpc) is 2.81. The Morgan fingerprint density at radius 1 is 1.32 bits per heavy atom.